The van der Waals surface area contributed by atoms with Crippen molar-refractivity contribution in [2.75, 3.05) is 47.4 Å². The van der Waals surface area contributed by atoms with Crippen LogP contribution in [0.3, 0.4) is 0 Å². The number of anilines is 4. The second-order valence-corrected chi connectivity index (χ2v) is 35.6. The maximum Gasteiger partial charge on any atom is 0.273 e. The molecule has 12 aromatic rings. The molecule has 33 heteroatoms. The zero-order chi connectivity index (χ0) is 83.2. The van der Waals surface area contributed by atoms with E-state index >= 15 is 0 Å². The van der Waals surface area contributed by atoms with Crippen molar-refractivity contribution >= 4 is 111 Å². The van der Waals surface area contributed by atoms with Crippen molar-refractivity contribution in [1.29, 1.82) is 0 Å². The fourth-order valence-corrected chi connectivity index (χ4v) is 19.5. The lowest BCUT2D eigenvalue weighted by Crippen LogP contribution is -2.60. The number of nitrogens with zero attached hydrogens (tertiary/aromatic N) is 20. The molecule has 18 heterocycles. The van der Waals surface area contributed by atoms with E-state index in [9.17, 15) is 23.6 Å². The van der Waals surface area contributed by atoms with Gasteiger partial charge in [-0.2, -0.15) is 25.2 Å². The summed E-state index contributed by atoms with van der Waals surface area (Å²) in [6.07, 6.45) is 32.6. The number of nitrogens with one attached hydrogen (secondary N) is 4. The molecule has 618 valence electrons. The smallest absolute Gasteiger partial charge is 0.273 e. The quantitative estimate of drug-likeness (QED) is 0.0698. The minimum atomic E-state index is -0.520. The van der Waals surface area contributed by atoms with Gasteiger partial charge in [0.25, 0.3) is 23.6 Å². The molecule has 12 fully saturated rings. The van der Waals surface area contributed by atoms with E-state index in [-0.39, 0.29) is 83.2 Å². The van der Waals surface area contributed by atoms with Crippen molar-refractivity contribution in [3.05, 3.63) is 259 Å². The zero-order valence-corrected chi connectivity index (χ0v) is 72.6. The fourth-order valence-electron chi connectivity index (χ4n) is 18.6. The van der Waals surface area contributed by atoms with Crippen molar-refractivity contribution in [2.24, 2.45) is 23.7 Å². The maximum atomic E-state index is 14.6. The van der Waals surface area contributed by atoms with E-state index in [4.69, 9.17) is 0 Å². The molecule has 4 N–H and O–H groups in total. The SMILES string of the molecule is Cc1ccc(-c2ncccn2)c(C(=O)N2CC3CCC2C(Nc2ccc(Br)cn2)C3)n1.Cc1ccc(C(=O)N2CC3CCC2C(Nc2ccc(Br)cn2)C3)c(-c2ncccn2)n1.O=C(c1cccc(F)c1-n1nccn1)N1CC2CCC1C(Nc1ccc(Br)cn1)C2.O=C(c1ccccc1-n1nccn1)N1CC2CCC1C(Nc1ccc(Br)cn1)C2. The lowest BCUT2D eigenvalue weighted by molar-refractivity contribution is 0.0274. The van der Waals surface area contributed by atoms with E-state index in [0.29, 0.717) is 75.6 Å². The molecule has 12 aliphatic rings. The van der Waals surface area contributed by atoms with Gasteiger partial charge in [-0.25, -0.2) is 54.2 Å². The molecule has 2 aromatic carbocycles. The van der Waals surface area contributed by atoms with Gasteiger partial charge in [-0.05, 0) is 287 Å². The number of carbonyl (C=O) groups excluding carboxylic acids is 4. The third kappa shape index (κ3) is 18.6. The molecule has 121 heavy (non-hydrogen) atoms. The molecule has 24 rings (SSSR count). The van der Waals surface area contributed by atoms with Crippen LogP contribution in [-0.2, 0) is 0 Å². The van der Waals surface area contributed by atoms with E-state index in [0.717, 1.165) is 143 Å². The fraction of sp³-hybridized carbons (Fsp3) is 0.341. The van der Waals surface area contributed by atoms with Crippen LogP contribution >= 0.6 is 63.7 Å². The molecular formula is C88H87Br4FN24O4. The Labute approximate surface area is 732 Å². The van der Waals surface area contributed by atoms with Crippen molar-refractivity contribution in [3.8, 4) is 34.3 Å². The Morgan fingerprint density at radius 3 is 1.17 bits per heavy atom. The van der Waals surface area contributed by atoms with Crippen LogP contribution in [0.4, 0.5) is 27.7 Å². The number of hydrogen-bond acceptors (Lipinski definition) is 22. The summed E-state index contributed by atoms with van der Waals surface area (Å²) < 4.78 is 18.4. The van der Waals surface area contributed by atoms with E-state index in [1.165, 1.54) is 34.5 Å². The minimum absolute atomic E-state index is 0.0000756. The Morgan fingerprint density at radius 1 is 0.364 bits per heavy atom. The van der Waals surface area contributed by atoms with Gasteiger partial charge in [0.1, 0.15) is 40.3 Å². The van der Waals surface area contributed by atoms with Crippen LogP contribution in [-0.4, -0.2) is 198 Å². The average Bonchev–Trinajstić information content (AvgIpc) is 1.61. The molecule has 8 aliphatic heterocycles. The van der Waals surface area contributed by atoms with Gasteiger partial charge < -0.3 is 40.9 Å². The highest BCUT2D eigenvalue weighted by atomic mass is 79.9. The number of halogens is 5. The van der Waals surface area contributed by atoms with E-state index in [1.807, 2.05) is 131 Å². The first-order valence-electron chi connectivity index (χ1n) is 40.8. The lowest BCUT2D eigenvalue weighted by Gasteiger charge is -2.50. The second kappa shape index (κ2) is 37.0. The highest BCUT2D eigenvalue weighted by Gasteiger charge is 2.48. The lowest BCUT2D eigenvalue weighted by atomic mass is 9.76. The van der Waals surface area contributed by atoms with Crippen LogP contribution in [0.2, 0.25) is 0 Å². The Balaban J connectivity index is 0.000000115. The first-order valence-corrected chi connectivity index (χ1v) is 44.0. The molecule has 4 saturated carbocycles. The Kier molecular flexibility index (Phi) is 25.1. The zero-order valence-electron chi connectivity index (χ0n) is 66.3. The second-order valence-electron chi connectivity index (χ2n) is 31.9. The molecule has 12 atom stereocenters. The van der Waals surface area contributed by atoms with E-state index < -0.39 is 5.82 Å². The third-order valence-corrected chi connectivity index (χ3v) is 26.0. The van der Waals surface area contributed by atoms with Crippen LogP contribution in [0.25, 0.3) is 34.3 Å². The number of para-hydroxylation sites is 2. The first kappa shape index (κ1) is 82.0. The predicted octanol–water partition coefficient (Wildman–Crippen LogP) is 15.4. The Morgan fingerprint density at radius 2 is 0.744 bits per heavy atom. The van der Waals surface area contributed by atoms with Gasteiger partial charge in [0.05, 0.1) is 76.9 Å². The van der Waals surface area contributed by atoms with Crippen molar-refractivity contribution in [2.45, 2.75) is 139 Å². The molecule has 8 saturated heterocycles. The van der Waals surface area contributed by atoms with Gasteiger partial charge in [-0.15, -0.1) is 4.80 Å². The number of aromatic nitrogens is 16. The van der Waals surface area contributed by atoms with Gasteiger partial charge in [0, 0.05) is 129 Å². The summed E-state index contributed by atoms with van der Waals surface area (Å²) >= 11 is 13.7. The minimum Gasteiger partial charge on any atom is -0.365 e. The average molecular weight is 1880 g/mol. The van der Waals surface area contributed by atoms with Crippen LogP contribution in [0.15, 0.2) is 220 Å². The normalized spacial score (nSPS) is 22.7. The number of piperidine rings is 8. The van der Waals surface area contributed by atoms with Gasteiger partial charge >= 0.3 is 0 Å². The number of benzene rings is 2. The van der Waals surface area contributed by atoms with Crippen LogP contribution in [0.5, 0.6) is 0 Å². The van der Waals surface area contributed by atoms with Gasteiger partial charge in [0.15, 0.2) is 17.5 Å². The number of fused-ring (bicyclic) bond motifs is 12. The standard InChI is InChI=1S/2C23H23BrN6O.C21H20BrFN6O.C21H21BrN6O/c1-14-3-6-17(21(28-14)22-25-9-2-10-26-22)23(31)30-13-15-4-7-19(30)18(11-15)29-20-8-5-16(24)12-27-20;1-14-3-6-17(22-25-9-2-10-26-22)21(28-14)23(31)30-13-15-4-7-19(30)18(11-15)29-20-8-5-16(24)12-27-20;22-14-5-7-19(24-11-14)27-17-10-13-4-6-18(17)28(12-13)21(30)15-2-1-3-16(23)20(15)29-25-8-9-26-29;22-15-6-8-20(23-12-15)26-17-11-14-5-7-19(17)27(13-14)21(29)16-3-1-2-4-18(16)28-24-9-10-25-28/h2*2-3,5-6,8-10,12,15,18-19H,4,7,11,13H2,1H3,(H,27,29);1-3,5,7-9,11,13,17-18H,4,6,10,12H2,(H,24,27);1-4,6,8-10,12,14,17,19H,5,7,11,13H2,(H,23,26). The molecule has 0 radical (unpaired) electrons. The molecule has 4 aliphatic carbocycles. The molecule has 10 aromatic heterocycles. The van der Waals surface area contributed by atoms with Gasteiger partial charge in [-0.3, -0.25) is 19.2 Å². The van der Waals surface area contributed by atoms with Gasteiger partial charge in [0.2, 0.25) is 0 Å². The monoisotopic (exact) mass is 1880 g/mol. The number of pyridine rings is 6. The number of carbonyl (C=O) groups is 4. The first-order chi connectivity index (χ1) is 58.9. The summed E-state index contributed by atoms with van der Waals surface area (Å²) in [5.41, 5.74) is 5.57. The third-order valence-electron chi connectivity index (χ3n) is 24.1. The summed E-state index contributed by atoms with van der Waals surface area (Å²) in [6, 6.07) is 39.9. The molecular weight excluding hydrogens is 1800 g/mol. The molecule has 28 nitrogen and oxygen atoms in total. The van der Waals surface area contributed by atoms with Crippen molar-refractivity contribution in [1.82, 2.24) is 99.4 Å². The summed E-state index contributed by atoms with van der Waals surface area (Å²) in [7, 11) is 0. The largest absolute Gasteiger partial charge is 0.365 e. The van der Waals surface area contributed by atoms with Crippen LogP contribution in [0.1, 0.15) is 130 Å². The van der Waals surface area contributed by atoms with Crippen molar-refractivity contribution in [3.63, 3.8) is 0 Å². The molecule has 0 spiro atoms. The number of rotatable bonds is 16. The highest BCUT2D eigenvalue weighted by Crippen LogP contribution is 2.43. The maximum absolute atomic E-state index is 14.6. The summed E-state index contributed by atoms with van der Waals surface area (Å²) in [5, 5.41) is 30.7. The molecule has 8 bridgehead atoms. The Bertz CT molecular complexity index is 5630. The van der Waals surface area contributed by atoms with Gasteiger partial charge in [-0.1, -0.05) is 18.2 Å². The molecule has 12 unspecified atom stereocenters. The van der Waals surface area contributed by atoms with Crippen molar-refractivity contribution < 1.29 is 23.6 Å². The summed E-state index contributed by atoms with van der Waals surface area (Å²) in [4.78, 5) is 110. The Hall–Kier alpha value is -11.3. The topological polar surface area (TPSA) is 320 Å². The van der Waals surface area contributed by atoms with Crippen LogP contribution < -0.4 is 21.3 Å². The summed E-state index contributed by atoms with van der Waals surface area (Å²) in [6.45, 7) is 6.83. The van der Waals surface area contributed by atoms with E-state index in [2.05, 4.69) is 155 Å². The van der Waals surface area contributed by atoms with Crippen LogP contribution in [0, 0.1) is 43.3 Å². The highest BCUT2D eigenvalue weighted by molar-refractivity contribution is 9.11. The van der Waals surface area contributed by atoms with E-state index in [1.54, 1.807) is 86.2 Å². The number of aryl methyl sites for hydroxylation is 2. The summed E-state index contributed by atoms with van der Waals surface area (Å²) in [5.74, 6) is 5.47. The number of hydrogen-bond donors (Lipinski definition) is 4. The predicted molar refractivity (Wildman–Crippen MR) is 469 cm³/mol. The molecule has 4 amide bonds. The number of amides is 4.